The molecule has 13 heteroatoms. The van der Waals surface area contributed by atoms with E-state index in [2.05, 4.69) is 27.5 Å². The van der Waals surface area contributed by atoms with Crippen molar-refractivity contribution >= 4 is 65.0 Å². The third-order valence-electron chi connectivity index (χ3n) is 3.83. The van der Waals surface area contributed by atoms with Gasteiger partial charge in [0.15, 0.2) is 17.4 Å². The summed E-state index contributed by atoms with van der Waals surface area (Å²) in [5.74, 6) is -2.53. The van der Waals surface area contributed by atoms with Crippen LogP contribution < -0.4 is 10.5 Å². The first-order valence-corrected chi connectivity index (χ1v) is 9.51. The van der Waals surface area contributed by atoms with Gasteiger partial charge in [-0.2, -0.15) is 13.2 Å². The third kappa shape index (κ3) is 5.54. The Morgan fingerprint density at radius 3 is 2.35 bits per heavy atom. The Morgan fingerprint density at radius 1 is 1.16 bits per heavy atom. The number of nitrogens with one attached hydrogen (secondary N) is 1. The summed E-state index contributed by atoms with van der Waals surface area (Å²) in [7, 11) is 2.50. The first-order chi connectivity index (χ1) is 14.4. The molecule has 0 aliphatic rings. The molecular formula is C18H16Cl2F3N5O2S. The van der Waals surface area contributed by atoms with E-state index >= 15 is 0 Å². The van der Waals surface area contributed by atoms with Gasteiger partial charge in [-0.1, -0.05) is 42.1 Å². The van der Waals surface area contributed by atoms with Gasteiger partial charge in [0.1, 0.15) is 5.69 Å². The molecule has 0 atom stereocenters. The summed E-state index contributed by atoms with van der Waals surface area (Å²) < 4.78 is 42.4. The number of amidine groups is 2. The van der Waals surface area contributed by atoms with Crippen LogP contribution in [0.4, 0.5) is 24.5 Å². The van der Waals surface area contributed by atoms with Crippen LogP contribution in [-0.2, 0) is 6.18 Å². The van der Waals surface area contributed by atoms with Gasteiger partial charge in [0.05, 0.1) is 26.9 Å². The highest BCUT2D eigenvalue weighted by atomic mass is 35.5. The molecule has 0 saturated heterocycles. The molecule has 2 rings (SSSR count). The van der Waals surface area contributed by atoms with Crippen molar-refractivity contribution in [1.82, 2.24) is 9.62 Å². The minimum Gasteiger partial charge on any atom is -0.505 e. The highest BCUT2D eigenvalue weighted by Crippen LogP contribution is 2.41. The molecule has 166 valence electrons. The van der Waals surface area contributed by atoms with Gasteiger partial charge in [0, 0.05) is 14.1 Å². The Kier molecular flexibility index (Phi) is 7.68. The van der Waals surface area contributed by atoms with Crippen molar-refractivity contribution in [3.8, 4) is 5.75 Å². The van der Waals surface area contributed by atoms with Gasteiger partial charge in [0.2, 0.25) is 0 Å². The van der Waals surface area contributed by atoms with E-state index in [-0.39, 0.29) is 33.1 Å². The molecule has 0 unspecified atom stereocenters. The highest BCUT2D eigenvalue weighted by molar-refractivity contribution is 7.78. The lowest BCUT2D eigenvalue weighted by atomic mass is 10.0. The minimum atomic E-state index is -4.88. The number of rotatable bonds is 3. The lowest BCUT2D eigenvalue weighted by molar-refractivity contribution is -0.138. The molecule has 0 aromatic heterocycles. The molecule has 0 spiro atoms. The molecule has 0 aliphatic carbocycles. The van der Waals surface area contributed by atoms with Crippen molar-refractivity contribution < 1.29 is 23.1 Å². The maximum atomic E-state index is 13.3. The van der Waals surface area contributed by atoms with E-state index in [0.29, 0.717) is 6.07 Å². The lowest BCUT2D eigenvalue weighted by Gasteiger charge is -2.18. The summed E-state index contributed by atoms with van der Waals surface area (Å²) in [5, 5.41) is 10.8. The third-order valence-corrected chi connectivity index (χ3v) is 4.86. The number of amides is 1. The average molecular weight is 494 g/mol. The summed E-state index contributed by atoms with van der Waals surface area (Å²) in [6, 6.07) is 6.14. The fourth-order valence-electron chi connectivity index (χ4n) is 2.37. The second kappa shape index (κ2) is 9.67. The predicted octanol–water partition coefficient (Wildman–Crippen LogP) is 4.57. The average Bonchev–Trinajstić information content (AvgIpc) is 2.68. The zero-order valence-electron chi connectivity index (χ0n) is 16.0. The number of nitrogens with zero attached hydrogens (tertiary/aromatic N) is 3. The predicted molar refractivity (Wildman–Crippen MR) is 118 cm³/mol. The number of benzene rings is 2. The number of nitrogens with two attached hydrogens (primary N) is 1. The SMILES string of the molecule is CN(C)C(=O)c1c(C(F)(F)F)ccc(N=C(NS)C(N)=Nc2cccc(Cl)c2Cl)c1O. The molecule has 2 aromatic carbocycles. The first-order valence-electron chi connectivity index (χ1n) is 8.30. The summed E-state index contributed by atoms with van der Waals surface area (Å²) in [5.41, 5.74) is 3.46. The van der Waals surface area contributed by atoms with E-state index in [4.69, 9.17) is 28.9 Å². The molecule has 2 aromatic rings. The number of hydrogen-bond donors (Lipinski definition) is 4. The summed E-state index contributed by atoms with van der Waals surface area (Å²) in [6.07, 6.45) is -4.88. The van der Waals surface area contributed by atoms with Crippen molar-refractivity contribution in [1.29, 1.82) is 0 Å². The zero-order valence-corrected chi connectivity index (χ0v) is 18.4. The number of carbonyl (C=O) groups is 1. The molecule has 0 aliphatic heterocycles. The molecule has 0 bridgehead atoms. The molecule has 1 amide bonds. The number of aromatic hydroxyl groups is 1. The topological polar surface area (TPSA) is 103 Å². The number of alkyl halides is 3. The van der Waals surface area contributed by atoms with Crippen LogP contribution in [0.3, 0.4) is 0 Å². The van der Waals surface area contributed by atoms with E-state index < -0.39 is 29.0 Å². The van der Waals surface area contributed by atoms with Crippen LogP contribution in [-0.4, -0.2) is 41.7 Å². The molecule has 0 saturated carbocycles. The Bertz CT molecular complexity index is 1070. The molecule has 0 fully saturated rings. The number of phenols is 1. The second-order valence-electron chi connectivity index (χ2n) is 6.20. The van der Waals surface area contributed by atoms with Gasteiger partial charge in [-0.05, 0) is 24.3 Å². The number of thiol groups is 1. The van der Waals surface area contributed by atoms with Gasteiger partial charge < -0.3 is 20.5 Å². The summed E-state index contributed by atoms with van der Waals surface area (Å²) >= 11 is 15.8. The molecule has 7 nitrogen and oxygen atoms in total. The fraction of sp³-hybridized carbons (Fsp3) is 0.167. The molecule has 4 N–H and O–H groups in total. The van der Waals surface area contributed by atoms with Gasteiger partial charge >= 0.3 is 6.18 Å². The highest BCUT2D eigenvalue weighted by Gasteiger charge is 2.38. The number of carbonyl (C=O) groups excluding carboxylic acids is 1. The van der Waals surface area contributed by atoms with Crippen LogP contribution in [0.15, 0.2) is 40.3 Å². The Balaban J connectivity index is 2.63. The maximum absolute atomic E-state index is 13.3. The monoisotopic (exact) mass is 493 g/mol. The smallest absolute Gasteiger partial charge is 0.417 e. The summed E-state index contributed by atoms with van der Waals surface area (Å²) in [6.45, 7) is 0. The number of phenolic OH excluding ortho intramolecular Hbond substituents is 1. The van der Waals surface area contributed by atoms with Crippen molar-refractivity contribution in [2.75, 3.05) is 14.1 Å². The molecule has 0 radical (unpaired) electrons. The van der Waals surface area contributed by atoms with Gasteiger partial charge in [-0.15, -0.1) is 0 Å². The number of halogens is 5. The standard InChI is InChI=1S/C18H16Cl2F3N5O2S/c1-28(2)17(30)12-8(18(21,22)23)6-7-11(14(12)29)26-16(27-31)15(24)25-10-5-3-4-9(19)13(10)20/h3-7,29,31H,1-2H3,(H2,24,25)(H,26,27). The fourth-order valence-corrected chi connectivity index (χ4v) is 2.87. The van der Waals surface area contributed by atoms with E-state index in [1.807, 2.05) is 0 Å². The largest absolute Gasteiger partial charge is 0.505 e. The van der Waals surface area contributed by atoms with Crippen LogP contribution in [0.1, 0.15) is 15.9 Å². The number of hydrogen-bond acceptors (Lipinski definition) is 5. The van der Waals surface area contributed by atoms with E-state index in [0.717, 1.165) is 11.0 Å². The normalized spacial score (nSPS) is 12.6. The van der Waals surface area contributed by atoms with Crippen LogP contribution in [0.5, 0.6) is 5.75 Å². The van der Waals surface area contributed by atoms with Gasteiger partial charge in [0.25, 0.3) is 5.91 Å². The molecule has 31 heavy (non-hydrogen) atoms. The molecular weight excluding hydrogens is 478 g/mol. The minimum absolute atomic E-state index is 0.113. The Morgan fingerprint density at radius 2 is 1.81 bits per heavy atom. The zero-order chi connectivity index (χ0) is 23.5. The number of aliphatic imine (C=N–C) groups is 2. The van der Waals surface area contributed by atoms with Crippen LogP contribution in [0, 0.1) is 0 Å². The second-order valence-corrected chi connectivity index (χ2v) is 7.20. The van der Waals surface area contributed by atoms with E-state index in [1.54, 1.807) is 6.07 Å². The van der Waals surface area contributed by atoms with Crippen molar-refractivity contribution in [2.24, 2.45) is 15.7 Å². The Labute approximate surface area is 190 Å². The maximum Gasteiger partial charge on any atom is 0.417 e. The van der Waals surface area contributed by atoms with Gasteiger partial charge in [-0.25, -0.2) is 9.98 Å². The van der Waals surface area contributed by atoms with Crippen LogP contribution >= 0.6 is 36.0 Å². The first kappa shape index (κ1) is 24.6. The lowest BCUT2D eigenvalue weighted by Crippen LogP contribution is -2.31. The quantitative estimate of drug-likeness (QED) is 0.285. The van der Waals surface area contributed by atoms with Crippen molar-refractivity contribution in [3.63, 3.8) is 0 Å². The van der Waals surface area contributed by atoms with E-state index in [9.17, 15) is 23.1 Å². The van der Waals surface area contributed by atoms with Crippen molar-refractivity contribution in [2.45, 2.75) is 6.18 Å². The summed E-state index contributed by atoms with van der Waals surface area (Å²) in [4.78, 5) is 21.2. The van der Waals surface area contributed by atoms with Crippen LogP contribution in [0.2, 0.25) is 10.0 Å². The molecule has 0 heterocycles. The Hall–Kier alpha value is -2.63. The van der Waals surface area contributed by atoms with Crippen LogP contribution in [0.25, 0.3) is 0 Å². The van der Waals surface area contributed by atoms with Crippen molar-refractivity contribution in [3.05, 3.63) is 51.5 Å². The van der Waals surface area contributed by atoms with Gasteiger partial charge in [-0.3, -0.25) is 4.79 Å². The van der Waals surface area contributed by atoms with E-state index in [1.165, 1.54) is 26.2 Å².